The van der Waals surface area contributed by atoms with Crippen molar-refractivity contribution in [1.29, 1.82) is 0 Å². The topological polar surface area (TPSA) is 56.3 Å². The minimum Gasteiger partial charge on any atom is -0.376 e. The van der Waals surface area contributed by atoms with Crippen molar-refractivity contribution in [2.45, 2.75) is 32.0 Å². The fourth-order valence-electron chi connectivity index (χ4n) is 2.54. The second kappa shape index (κ2) is 5.16. The lowest BCUT2D eigenvalue weighted by molar-refractivity contribution is -0.0376. The lowest BCUT2D eigenvalue weighted by Gasteiger charge is -2.38. The molecule has 0 amide bonds. The van der Waals surface area contributed by atoms with Gasteiger partial charge in [-0.1, -0.05) is 0 Å². The molecule has 3 unspecified atom stereocenters. The zero-order chi connectivity index (χ0) is 12.4. The van der Waals surface area contributed by atoms with E-state index >= 15 is 0 Å². The molecule has 0 radical (unpaired) electrons. The predicted octanol–water partition coefficient (Wildman–Crippen LogP) is 0.529. The second-order valence-corrected chi connectivity index (χ2v) is 4.93. The van der Waals surface area contributed by atoms with E-state index in [1.807, 2.05) is 24.1 Å². The molecule has 0 aromatic carbocycles. The van der Waals surface area contributed by atoms with Gasteiger partial charge in [0.2, 0.25) is 0 Å². The van der Waals surface area contributed by atoms with Gasteiger partial charge in [0, 0.05) is 37.9 Å². The monoisotopic (exact) mass is 238 g/mol. The minimum absolute atomic E-state index is 0.0875. The highest BCUT2D eigenvalue weighted by Gasteiger charge is 2.28. The third-order valence-electron chi connectivity index (χ3n) is 3.23. The average Bonchev–Trinajstić information content (AvgIpc) is 2.64. The largest absolute Gasteiger partial charge is 0.376 e. The Morgan fingerprint density at radius 2 is 2.35 bits per heavy atom. The summed E-state index contributed by atoms with van der Waals surface area (Å²) in [5, 5.41) is 4.24. The molecule has 1 aliphatic rings. The van der Waals surface area contributed by atoms with Gasteiger partial charge in [-0.25, -0.2) is 0 Å². The number of aryl methyl sites for hydroxylation is 1. The smallest absolute Gasteiger partial charge is 0.0674 e. The Hall–Kier alpha value is -0.910. The number of ether oxygens (including phenoxy) is 1. The summed E-state index contributed by atoms with van der Waals surface area (Å²) in [6.07, 6.45) is 4.24. The highest BCUT2D eigenvalue weighted by atomic mass is 16.5. The van der Waals surface area contributed by atoms with Gasteiger partial charge in [-0.05, 0) is 13.8 Å². The van der Waals surface area contributed by atoms with Gasteiger partial charge in [0.15, 0.2) is 0 Å². The summed E-state index contributed by atoms with van der Waals surface area (Å²) >= 11 is 0. The number of hydrogen-bond donors (Lipinski definition) is 1. The van der Waals surface area contributed by atoms with Crippen LogP contribution in [0.2, 0.25) is 0 Å². The lowest BCUT2D eigenvalue weighted by Crippen LogP contribution is -2.47. The summed E-state index contributed by atoms with van der Waals surface area (Å²) in [6, 6.07) is 0.319. The molecular formula is C12H22N4O. The Morgan fingerprint density at radius 1 is 1.59 bits per heavy atom. The predicted molar refractivity (Wildman–Crippen MR) is 66.6 cm³/mol. The third-order valence-corrected chi connectivity index (χ3v) is 3.23. The molecule has 96 valence electrons. The molecule has 1 fully saturated rings. The average molecular weight is 238 g/mol. The normalized spacial score (nSPS) is 25.8. The van der Waals surface area contributed by atoms with Gasteiger partial charge < -0.3 is 10.5 Å². The van der Waals surface area contributed by atoms with Crippen LogP contribution in [0, 0.1) is 0 Å². The Labute approximate surface area is 103 Å². The van der Waals surface area contributed by atoms with Crippen molar-refractivity contribution in [3.63, 3.8) is 0 Å². The van der Waals surface area contributed by atoms with Crippen LogP contribution in [0.5, 0.6) is 0 Å². The molecule has 1 aliphatic heterocycles. The van der Waals surface area contributed by atoms with Crippen molar-refractivity contribution in [2.24, 2.45) is 12.8 Å². The van der Waals surface area contributed by atoms with E-state index in [4.69, 9.17) is 10.5 Å². The quantitative estimate of drug-likeness (QED) is 0.834. The number of aromatic nitrogens is 2. The number of morpholine rings is 1. The molecule has 0 bridgehead atoms. The summed E-state index contributed by atoms with van der Waals surface area (Å²) in [5.41, 5.74) is 7.33. The molecule has 1 saturated heterocycles. The summed E-state index contributed by atoms with van der Waals surface area (Å²) in [6.45, 7) is 6.81. The first-order valence-corrected chi connectivity index (χ1v) is 6.17. The van der Waals surface area contributed by atoms with E-state index < -0.39 is 0 Å². The van der Waals surface area contributed by atoms with E-state index in [0.29, 0.717) is 0 Å². The van der Waals surface area contributed by atoms with Crippen LogP contribution >= 0.6 is 0 Å². The molecular weight excluding hydrogens is 216 g/mol. The molecule has 2 heterocycles. The fraction of sp³-hybridized carbons (Fsp3) is 0.750. The first-order valence-electron chi connectivity index (χ1n) is 6.17. The molecule has 5 nitrogen and oxygen atoms in total. The van der Waals surface area contributed by atoms with Crippen LogP contribution in [-0.4, -0.2) is 46.5 Å². The first-order chi connectivity index (χ1) is 8.08. The Kier molecular flexibility index (Phi) is 3.81. The third kappa shape index (κ3) is 2.86. The van der Waals surface area contributed by atoms with Crippen molar-refractivity contribution in [2.75, 3.05) is 19.7 Å². The zero-order valence-corrected chi connectivity index (χ0v) is 10.8. The molecule has 0 spiro atoms. The molecule has 0 saturated carbocycles. The van der Waals surface area contributed by atoms with E-state index in [0.717, 1.165) is 19.7 Å². The van der Waals surface area contributed by atoms with E-state index in [9.17, 15) is 0 Å². The first kappa shape index (κ1) is 12.5. The van der Waals surface area contributed by atoms with Crippen LogP contribution in [0.4, 0.5) is 0 Å². The lowest BCUT2D eigenvalue weighted by atomic mass is 10.0. The summed E-state index contributed by atoms with van der Waals surface area (Å²) in [7, 11) is 1.93. The van der Waals surface area contributed by atoms with Crippen molar-refractivity contribution < 1.29 is 4.74 Å². The zero-order valence-electron chi connectivity index (χ0n) is 10.8. The fourth-order valence-corrected chi connectivity index (χ4v) is 2.54. The molecule has 5 heteroatoms. The molecule has 2 rings (SSSR count). The Bertz CT molecular complexity index is 363. The SMILES string of the molecule is CC1CN(C(c2cnn(C)c2)C(C)N)CCO1. The maximum Gasteiger partial charge on any atom is 0.0674 e. The second-order valence-electron chi connectivity index (χ2n) is 4.93. The summed E-state index contributed by atoms with van der Waals surface area (Å²) in [5.74, 6) is 0. The van der Waals surface area contributed by atoms with Gasteiger partial charge in [-0.2, -0.15) is 5.10 Å². The summed E-state index contributed by atoms with van der Waals surface area (Å²) in [4.78, 5) is 2.40. The van der Waals surface area contributed by atoms with Crippen molar-refractivity contribution in [3.8, 4) is 0 Å². The van der Waals surface area contributed by atoms with Gasteiger partial charge in [-0.15, -0.1) is 0 Å². The van der Waals surface area contributed by atoms with E-state index in [-0.39, 0.29) is 18.2 Å². The van der Waals surface area contributed by atoms with Gasteiger partial charge >= 0.3 is 0 Å². The number of rotatable bonds is 3. The van der Waals surface area contributed by atoms with Crippen molar-refractivity contribution >= 4 is 0 Å². The number of hydrogen-bond acceptors (Lipinski definition) is 4. The Morgan fingerprint density at radius 3 is 2.88 bits per heavy atom. The molecule has 3 atom stereocenters. The Balaban J connectivity index is 2.17. The van der Waals surface area contributed by atoms with Crippen molar-refractivity contribution in [1.82, 2.24) is 14.7 Å². The highest BCUT2D eigenvalue weighted by molar-refractivity contribution is 5.13. The maximum atomic E-state index is 6.13. The number of nitrogens with zero attached hydrogens (tertiary/aromatic N) is 3. The molecule has 17 heavy (non-hydrogen) atoms. The highest BCUT2D eigenvalue weighted by Crippen LogP contribution is 2.25. The minimum atomic E-state index is 0.0875. The molecule has 0 aliphatic carbocycles. The van der Waals surface area contributed by atoms with Crippen LogP contribution in [0.3, 0.4) is 0 Å². The van der Waals surface area contributed by atoms with Crippen LogP contribution in [0.1, 0.15) is 25.5 Å². The van der Waals surface area contributed by atoms with Crippen molar-refractivity contribution in [3.05, 3.63) is 18.0 Å². The van der Waals surface area contributed by atoms with E-state index in [1.54, 1.807) is 0 Å². The van der Waals surface area contributed by atoms with Crippen LogP contribution in [0.15, 0.2) is 12.4 Å². The van der Waals surface area contributed by atoms with Gasteiger partial charge in [-0.3, -0.25) is 9.58 Å². The van der Waals surface area contributed by atoms with E-state index in [1.165, 1.54) is 5.56 Å². The van der Waals surface area contributed by atoms with E-state index in [2.05, 4.69) is 23.8 Å². The van der Waals surface area contributed by atoms with Crippen LogP contribution in [-0.2, 0) is 11.8 Å². The molecule has 1 aromatic rings. The van der Waals surface area contributed by atoms with Gasteiger partial charge in [0.05, 0.1) is 24.9 Å². The summed E-state index contributed by atoms with van der Waals surface area (Å²) < 4.78 is 7.40. The van der Waals surface area contributed by atoms with Crippen LogP contribution in [0.25, 0.3) is 0 Å². The standard InChI is InChI=1S/C12H22N4O/c1-9-7-16(4-5-17-9)12(10(2)13)11-6-14-15(3)8-11/h6,8-10,12H,4-5,7,13H2,1-3H3. The maximum absolute atomic E-state index is 6.13. The molecule has 2 N–H and O–H groups in total. The number of nitrogens with two attached hydrogens (primary N) is 1. The van der Waals surface area contributed by atoms with Gasteiger partial charge in [0.1, 0.15) is 0 Å². The molecule has 1 aromatic heterocycles. The van der Waals surface area contributed by atoms with Crippen LogP contribution < -0.4 is 5.73 Å². The van der Waals surface area contributed by atoms with Gasteiger partial charge in [0.25, 0.3) is 0 Å².